The Labute approximate surface area is 154 Å². The molecular formula is C19H27N3O4. The third kappa shape index (κ3) is 3.57. The first kappa shape index (κ1) is 18.4. The van der Waals surface area contributed by atoms with Crippen molar-refractivity contribution in [1.82, 2.24) is 4.90 Å². The smallest absolute Gasteiger partial charge is 0.410 e. The Balaban J connectivity index is 1.76. The van der Waals surface area contributed by atoms with Gasteiger partial charge in [0, 0.05) is 45.8 Å². The molecule has 142 valence electrons. The van der Waals surface area contributed by atoms with E-state index in [2.05, 4.69) is 4.90 Å². The molecule has 0 unspecified atom stereocenters. The fraction of sp³-hybridized carbons (Fsp3) is 0.579. The first-order chi connectivity index (χ1) is 12.2. The molecule has 0 radical (unpaired) electrons. The van der Waals surface area contributed by atoms with E-state index in [0.717, 1.165) is 16.9 Å². The molecule has 2 heterocycles. The Bertz CT molecular complexity index is 716. The number of amides is 1. The molecule has 1 amide bonds. The lowest BCUT2D eigenvalue weighted by Gasteiger charge is -2.38. The van der Waals surface area contributed by atoms with E-state index in [1.54, 1.807) is 4.90 Å². The average molecular weight is 361 g/mol. The Morgan fingerprint density at radius 3 is 2.38 bits per heavy atom. The maximum atomic E-state index is 12.2. The predicted octanol–water partition coefficient (Wildman–Crippen LogP) is 2.48. The van der Waals surface area contributed by atoms with E-state index in [1.807, 2.05) is 51.9 Å². The van der Waals surface area contributed by atoms with E-state index in [1.165, 1.54) is 0 Å². The molecule has 0 atom stereocenters. The number of esters is 1. The van der Waals surface area contributed by atoms with Crippen LogP contribution >= 0.6 is 0 Å². The van der Waals surface area contributed by atoms with Gasteiger partial charge in [-0.05, 0) is 32.9 Å². The predicted molar refractivity (Wildman–Crippen MR) is 99.9 cm³/mol. The molecule has 7 heteroatoms. The minimum absolute atomic E-state index is 0.260. The zero-order chi connectivity index (χ0) is 19.1. The molecule has 3 rings (SSSR count). The standard InChI is InChI=1S/C19H27N3O4/c1-19(2,3)26-18(24)22-10-8-21(9-11-22)15-7-6-13-14(12-25-17(13)23)16(15)20(4)5/h6-7H,8-12H2,1-5H3. The van der Waals surface area contributed by atoms with Crippen LogP contribution in [0.15, 0.2) is 12.1 Å². The van der Waals surface area contributed by atoms with Gasteiger partial charge in [0.05, 0.1) is 16.9 Å². The van der Waals surface area contributed by atoms with Crippen LogP contribution in [-0.2, 0) is 16.1 Å². The second kappa shape index (κ2) is 6.70. The second-order valence-corrected chi connectivity index (χ2v) is 7.88. The summed E-state index contributed by atoms with van der Waals surface area (Å²) < 4.78 is 10.7. The summed E-state index contributed by atoms with van der Waals surface area (Å²) in [7, 11) is 3.94. The summed E-state index contributed by atoms with van der Waals surface area (Å²) in [6.07, 6.45) is -0.266. The van der Waals surface area contributed by atoms with E-state index >= 15 is 0 Å². The van der Waals surface area contributed by atoms with Crippen molar-refractivity contribution in [3.8, 4) is 0 Å². The minimum atomic E-state index is -0.487. The lowest BCUT2D eigenvalue weighted by Crippen LogP contribution is -2.50. The van der Waals surface area contributed by atoms with Crippen LogP contribution < -0.4 is 9.80 Å². The van der Waals surface area contributed by atoms with Crippen LogP contribution in [0.25, 0.3) is 0 Å². The largest absolute Gasteiger partial charge is 0.457 e. The molecule has 1 aromatic carbocycles. The van der Waals surface area contributed by atoms with Gasteiger partial charge in [0.15, 0.2) is 0 Å². The van der Waals surface area contributed by atoms with Crippen LogP contribution in [-0.4, -0.2) is 62.8 Å². The van der Waals surface area contributed by atoms with Crippen molar-refractivity contribution >= 4 is 23.4 Å². The van der Waals surface area contributed by atoms with E-state index in [0.29, 0.717) is 38.3 Å². The molecule has 7 nitrogen and oxygen atoms in total. The summed E-state index contributed by atoms with van der Waals surface area (Å²) in [6, 6.07) is 3.82. The van der Waals surface area contributed by atoms with Gasteiger partial charge in [-0.3, -0.25) is 0 Å². The van der Waals surface area contributed by atoms with E-state index < -0.39 is 5.60 Å². The SMILES string of the molecule is CN(C)c1c(N2CCN(C(=O)OC(C)(C)C)CC2)ccc2c1COC2=O. The molecule has 2 aliphatic heterocycles. The third-order valence-corrected chi connectivity index (χ3v) is 4.55. The van der Waals surface area contributed by atoms with Gasteiger partial charge in [-0.2, -0.15) is 0 Å². The summed E-state index contributed by atoms with van der Waals surface area (Å²) in [5, 5.41) is 0. The normalized spacial score (nSPS) is 17.0. The number of fused-ring (bicyclic) bond motifs is 1. The van der Waals surface area contributed by atoms with E-state index in [9.17, 15) is 9.59 Å². The van der Waals surface area contributed by atoms with Crippen LogP contribution in [0, 0.1) is 0 Å². The quantitative estimate of drug-likeness (QED) is 0.754. The van der Waals surface area contributed by atoms with Gasteiger partial charge in [-0.25, -0.2) is 9.59 Å². The van der Waals surface area contributed by atoms with E-state index in [4.69, 9.17) is 9.47 Å². The zero-order valence-corrected chi connectivity index (χ0v) is 16.2. The van der Waals surface area contributed by atoms with Crippen molar-refractivity contribution in [2.45, 2.75) is 33.0 Å². The zero-order valence-electron chi connectivity index (χ0n) is 16.2. The topological polar surface area (TPSA) is 62.3 Å². The summed E-state index contributed by atoms with van der Waals surface area (Å²) in [4.78, 5) is 30.1. The first-order valence-corrected chi connectivity index (χ1v) is 8.90. The number of benzene rings is 1. The van der Waals surface area contributed by atoms with Crippen LogP contribution in [0.3, 0.4) is 0 Å². The van der Waals surface area contributed by atoms with Gasteiger partial charge in [0.25, 0.3) is 0 Å². The van der Waals surface area contributed by atoms with Gasteiger partial charge < -0.3 is 24.2 Å². The number of carbonyl (C=O) groups is 2. The number of hydrogen-bond acceptors (Lipinski definition) is 6. The maximum Gasteiger partial charge on any atom is 0.410 e. The van der Waals surface area contributed by atoms with Gasteiger partial charge >= 0.3 is 12.1 Å². The molecule has 0 aliphatic carbocycles. The van der Waals surface area contributed by atoms with Gasteiger partial charge in [0.2, 0.25) is 0 Å². The average Bonchev–Trinajstić information content (AvgIpc) is 2.93. The van der Waals surface area contributed by atoms with Crippen molar-refractivity contribution < 1.29 is 19.1 Å². The molecule has 0 spiro atoms. The fourth-order valence-electron chi connectivity index (χ4n) is 3.39. The number of ether oxygens (including phenoxy) is 2. The van der Waals surface area contributed by atoms with E-state index in [-0.39, 0.29) is 12.1 Å². The molecule has 0 saturated carbocycles. The highest BCUT2D eigenvalue weighted by atomic mass is 16.6. The van der Waals surface area contributed by atoms with Crippen molar-refractivity contribution in [3.05, 3.63) is 23.3 Å². The molecule has 26 heavy (non-hydrogen) atoms. The van der Waals surface area contributed by atoms with Crippen LogP contribution in [0.2, 0.25) is 0 Å². The maximum absolute atomic E-state index is 12.2. The Hall–Kier alpha value is -2.44. The lowest BCUT2D eigenvalue weighted by molar-refractivity contribution is 0.0240. The molecule has 0 bridgehead atoms. The molecule has 1 fully saturated rings. The summed E-state index contributed by atoms with van der Waals surface area (Å²) in [6.45, 7) is 8.58. The first-order valence-electron chi connectivity index (χ1n) is 8.90. The van der Waals surface area contributed by atoms with Crippen molar-refractivity contribution in [3.63, 3.8) is 0 Å². The van der Waals surface area contributed by atoms with Crippen LogP contribution in [0.5, 0.6) is 0 Å². The van der Waals surface area contributed by atoms with Gasteiger partial charge in [0.1, 0.15) is 12.2 Å². The van der Waals surface area contributed by atoms with Crippen LogP contribution in [0.4, 0.5) is 16.2 Å². The summed E-state index contributed by atoms with van der Waals surface area (Å²) >= 11 is 0. The number of cyclic esters (lactones) is 1. The number of anilines is 2. The molecule has 1 saturated heterocycles. The van der Waals surface area contributed by atoms with Crippen LogP contribution in [0.1, 0.15) is 36.7 Å². The Morgan fingerprint density at radius 1 is 1.15 bits per heavy atom. The number of piperazine rings is 1. The number of carbonyl (C=O) groups excluding carboxylic acids is 2. The van der Waals surface area contributed by atoms with Crippen molar-refractivity contribution in [2.75, 3.05) is 50.1 Å². The van der Waals surface area contributed by atoms with Crippen molar-refractivity contribution in [2.24, 2.45) is 0 Å². The molecule has 0 aromatic heterocycles. The highest BCUT2D eigenvalue weighted by molar-refractivity contribution is 5.97. The number of hydrogen-bond donors (Lipinski definition) is 0. The second-order valence-electron chi connectivity index (χ2n) is 7.88. The third-order valence-electron chi connectivity index (χ3n) is 4.55. The Kier molecular flexibility index (Phi) is 4.73. The number of rotatable bonds is 2. The van der Waals surface area contributed by atoms with Crippen molar-refractivity contribution in [1.29, 1.82) is 0 Å². The molecule has 0 N–H and O–H groups in total. The number of nitrogens with zero attached hydrogens (tertiary/aromatic N) is 3. The highest BCUT2D eigenvalue weighted by Gasteiger charge is 2.31. The minimum Gasteiger partial charge on any atom is -0.457 e. The van der Waals surface area contributed by atoms with Gasteiger partial charge in [-0.15, -0.1) is 0 Å². The Morgan fingerprint density at radius 2 is 1.81 bits per heavy atom. The monoisotopic (exact) mass is 361 g/mol. The summed E-state index contributed by atoms with van der Waals surface area (Å²) in [5.41, 5.74) is 3.17. The highest BCUT2D eigenvalue weighted by Crippen LogP contribution is 2.38. The molecule has 2 aliphatic rings. The summed E-state index contributed by atoms with van der Waals surface area (Å²) in [5.74, 6) is -0.260. The fourth-order valence-corrected chi connectivity index (χ4v) is 3.39. The molecule has 1 aromatic rings. The van der Waals surface area contributed by atoms with Gasteiger partial charge in [-0.1, -0.05) is 0 Å². The molecular weight excluding hydrogens is 334 g/mol. The lowest BCUT2D eigenvalue weighted by atomic mass is 10.0.